The van der Waals surface area contributed by atoms with E-state index < -0.39 is 0 Å². The van der Waals surface area contributed by atoms with Gasteiger partial charge in [-0.2, -0.15) is 0 Å². The third kappa shape index (κ3) is 3.76. The Morgan fingerprint density at radius 1 is 1.40 bits per heavy atom. The summed E-state index contributed by atoms with van der Waals surface area (Å²) in [4.78, 5) is 2.56. The number of nitrogens with zero attached hydrogens (tertiary/aromatic N) is 1. The highest BCUT2D eigenvalue weighted by molar-refractivity contribution is 4.81. The molecule has 3 atom stereocenters. The second kappa shape index (κ2) is 6.49. The fourth-order valence-electron chi connectivity index (χ4n) is 2.81. The van der Waals surface area contributed by atoms with Crippen LogP contribution in [0.5, 0.6) is 0 Å². The lowest BCUT2D eigenvalue weighted by Crippen LogP contribution is -2.42. The normalized spacial score (nSPS) is 29.4. The Morgan fingerprint density at radius 3 is 2.73 bits per heavy atom. The predicted octanol–water partition coefficient (Wildman–Crippen LogP) is 2.62. The van der Waals surface area contributed by atoms with Crippen LogP contribution in [-0.2, 0) is 0 Å². The highest BCUT2D eigenvalue weighted by Crippen LogP contribution is 2.30. The minimum atomic E-state index is 0.649. The summed E-state index contributed by atoms with van der Waals surface area (Å²) >= 11 is 0. The van der Waals surface area contributed by atoms with Gasteiger partial charge in [-0.25, -0.2) is 0 Å². The predicted molar refractivity (Wildman–Crippen MR) is 66.9 cm³/mol. The van der Waals surface area contributed by atoms with E-state index in [1.165, 1.54) is 32.1 Å². The Morgan fingerprint density at radius 2 is 2.13 bits per heavy atom. The van der Waals surface area contributed by atoms with E-state index in [4.69, 9.17) is 5.73 Å². The minimum Gasteiger partial charge on any atom is -0.330 e. The van der Waals surface area contributed by atoms with Gasteiger partial charge >= 0.3 is 0 Å². The van der Waals surface area contributed by atoms with Gasteiger partial charge in [-0.05, 0) is 45.7 Å². The molecule has 90 valence electrons. The summed E-state index contributed by atoms with van der Waals surface area (Å²) in [6.07, 6.45) is 8.15. The van der Waals surface area contributed by atoms with Crippen LogP contribution < -0.4 is 5.73 Å². The van der Waals surface area contributed by atoms with E-state index in [0.29, 0.717) is 6.04 Å². The van der Waals surface area contributed by atoms with E-state index in [1.54, 1.807) is 0 Å². The number of nitrogens with two attached hydrogens (primary N) is 1. The third-order valence-electron chi connectivity index (χ3n) is 4.19. The van der Waals surface area contributed by atoms with Crippen molar-refractivity contribution < 1.29 is 0 Å². The quantitative estimate of drug-likeness (QED) is 0.759. The molecule has 1 rings (SSSR count). The first-order chi connectivity index (χ1) is 7.19. The molecule has 0 aromatic carbocycles. The molecular formula is C13H28N2. The Kier molecular flexibility index (Phi) is 5.62. The molecule has 0 aromatic rings. The van der Waals surface area contributed by atoms with Crippen molar-refractivity contribution in [3.63, 3.8) is 0 Å². The van der Waals surface area contributed by atoms with Gasteiger partial charge in [0, 0.05) is 12.1 Å². The maximum atomic E-state index is 5.62. The molecule has 15 heavy (non-hydrogen) atoms. The SMILES string of the molecule is CCC1CCCC(N(C)C(C)CCN)C1. The molecule has 3 unspecified atom stereocenters. The highest BCUT2D eigenvalue weighted by atomic mass is 15.2. The molecule has 2 heteroatoms. The van der Waals surface area contributed by atoms with Crippen LogP contribution in [-0.4, -0.2) is 30.6 Å². The Hall–Kier alpha value is -0.0800. The summed E-state index contributed by atoms with van der Waals surface area (Å²) in [5.74, 6) is 0.969. The summed E-state index contributed by atoms with van der Waals surface area (Å²) in [6, 6.07) is 1.46. The van der Waals surface area contributed by atoms with Crippen molar-refractivity contribution in [3.05, 3.63) is 0 Å². The van der Waals surface area contributed by atoms with Gasteiger partial charge in [0.05, 0.1) is 0 Å². The molecule has 1 fully saturated rings. The van der Waals surface area contributed by atoms with Crippen molar-refractivity contribution >= 4 is 0 Å². The number of hydrogen-bond acceptors (Lipinski definition) is 2. The van der Waals surface area contributed by atoms with Gasteiger partial charge in [-0.15, -0.1) is 0 Å². The first-order valence-electron chi connectivity index (χ1n) is 6.61. The van der Waals surface area contributed by atoms with Crippen LogP contribution >= 0.6 is 0 Å². The van der Waals surface area contributed by atoms with Gasteiger partial charge < -0.3 is 10.6 Å². The Bertz CT molecular complexity index is 170. The van der Waals surface area contributed by atoms with E-state index in [9.17, 15) is 0 Å². The molecule has 1 aliphatic carbocycles. The van der Waals surface area contributed by atoms with Crippen molar-refractivity contribution in [2.75, 3.05) is 13.6 Å². The van der Waals surface area contributed by atoms with Crippen LogP contribution in [0.15, 0.2) is 0 Å². The van der Waals surface area contributed by atoms with Crippen LogP contribution in [0.2, 0.25) is 0 Å². The third-order valence-corrected chi connectivity index (χ3v) is 4.19. The summed E-state index contributed by atoms with van der Waals surface area (Å²) < 4.78 is 0. The molecule has 0 spiro atoms. The summed E-state index contributed by atoms with van der Waals surface area (Å²) in [5.41, 5.74) is 5.62. The molecule has 1 saturated carbocycles. The second-order valence-electron chi connectivity index (χ2n) is 5.19. The Balaban J connectivity index is 2.40. The van der Waals surface area contributed by atoms with Crippen molar-refractivity contribution in [1.82, 2.24) is 4.90 Å². The van der Waals surface area contributed by atoms with Crippen LogP contribution in [0.1, 0.15) is 52.4 Å². The smallest absolute Gasteiger partial charge is 0.00976 e. The van der Waals surface area contributed by atoms with E-state index in [0.717, 1.165) is 24.9 Å². The Labute approximate surface area is 95.2 Å². The number of rotatable bonds is 5. The topological polar surface area (TPSA) is 29.3 Å². The van der Waals surface area contributed by atoms with Gasteiger partial charge in [0.25, 0.3) is 0 Å². The molecule has 1 aliphatic rings. The lowest BCUT2D eigenvalue weighted by atomic mass is 9.83. The van der Waals surface area contributed by atoms with Gasteiger partial charge in [0.1, 0.15) is 0 Å². The van der Waals surface area contributed by atoms with Crippen molar-refractivity contribution in [3.8, 4) is 0 Å². The van der Waals surface area contributed by atoms with E-state index >= 15 is 0 Å². The molecule has 2 N–H and O–H groups in total. The van der Waals surface area contributed by atoms with Crippen LogP contribution in [0.25, 0.3) is 0 Å². The van der Waals surface area contributed by atoms with Crippen molar-refractivity contribution in [2.24, 2.45) is 11.7 Å². The molecule has 0 amide bonds. The lowest BCUT2D eigenvalue weighted by Gasteiger charge is -2.38. The number of hydrogen-bond donors (Lipinski definition) is 1. The van der Waals surface area contributed by atoms with Gasteiger partial charge in [0.15, 0.2) is 0 Å². The van der Waals surface area contributed by atoms with Crippen molar-refractivity contribution in [1.29, 1.82) is 0 Å². The second-order valence-corrected chi connectivity index (χ2v) is 5.19. The van der Waals surface area contributed by atoms with Gasteiger partial charge in [0.2, 0.25) is 0 Å². The molecule has 0 bridgehead atoms. The fraction of sp³-hybridized carbons (Fsp3) is 1.00. The molecule has 0 radical (unpaired) electrons. The summed E-state index contributed by atoms with van der Waals surface area (Å²) in [7, 11) is 2.28. The maximum Gasteiger partial charge on any atom is 0.00976 e. The first kappa shape index (κ1) is 13.0. The zero-order valence-electron chi connectivity index (χ0n) is 10.7. The standard InChI is InChI=1S/C13H28N2/c1-4-12-6-5-7-13(10-12)15(3)11(2)8-9-14/h11-13H,4-10,14H2,1-3H3. The molecule has 0 saturated heterocycles. The molecule has 0 aliphatic heterocycles. The van der Waals surface area contributed by atoms with Crippen molar-refractivity contribution in [2.45, 2.75) is 64.5 Å². The fourth-order valence-corrected chi connectivity index (χ4v) is 2.81. The molecule has 0 aromatic heterocycles. The van der Waals surface area contributed by atoms with Crippen LogP contribution in [0, 0.1) is 5.92 Å². The summed E-state index contributed by atoms with van der Waals surface area (Å²) in [6.45, 7) is 5.45. The van der Waals surface area contributed by atoms with E-state index in [1.807, 2.05) is 0 Å². The van der Waals surface area contributed by atoms with Gasteiger partial charge in [-0.3, -0.25) is 0 Å². The lowest BCUT2D eigenvalue weighted by molar-refractivity contribution is 0.117. The van der Waals surface area contributed by atoms with Crippen LogP contribution in [0.4, 0.5) is 0 Å². The minimum absolute atomic E-state index is 0.649. The van der Waals surface area contributed by atoms with Crippen LogP contribution in [0.3, 0.4) is 0 Å². The first-order valence-corrected chi connectivity index (χ1v) is 6.61. The molecule has 2 nitrogen and oxygen atoms in total. The van der Waals surface area contributed by atoms with E-state index in [2.05, 4.69) is 25.8 Å². The summed E-state index contributed by atoms with van der Waals surface area (Å²) in [5, 5.41) is 0. The monoisotopic (exact) mass is 212 g/mol. The average molecular weight is 212 g/mol. The molecular weight excluding hydrogens is 184 g/mol. The highest BCUT2D eigenvalue weighted by Gasteiger charge is 2.25. The zero-order chi connectivity index (χ0) is 11.3. The maximum absolute atomic E-state index is 5.62. The largest absolute Gasteiger partial charge is 0.330 e. The average Bonchev–Trinajstić information content (AvgIpc) is 2.28. The van der Waals surface area contributed by atoms with E-state index in [-0.39, 0.29) is 0 Å². The zero-order valence-corrected chi connectivity index (χ0v) is 10.7. The molecule has 0 heterocycles. The van der Waals surface area contributed by atoms with Gasteiger partial charge in [-0.1, -0.05) is 26.2 Å².